The number of carbonyl (C=O) groups excluding carboxylic acids is 2. The Bertz CT molecular complexity index is 255. The smallest absolute Gasteiger partial charge is 0.852 e. The summed E-state index contributed by atoms with van der Waals surface area (Å²) in [6.07, 6.45) is 6.19. The first-order valence-electron chi connectivity index (χ1n) is 8.59. The average molecular weight is 358 g/mol. The Morgan fingerprint density at radius 2 is 1.17 bits per heavy atom. The number of Topliss-reactive ketones (excluding diaryl/α,β-unsaturated/α-hetero) is 1. The molecule has 1 unspecified atom stereocenters. The topological polar surface area (TPSA) is 103 Å². The van der Waals surface area contributed by atoms with Gasteiger partial charge >= 0.3 is 17.4 Å². The zero-order valence-electron chi connectivity index (χ0n) is 16.3. The van der Waals surface area contributed by atoms with Gasteiger partial charge in [0.2, 0.25) is 0 Å². The Balaban J connectivity index is -0.000000186. The summed E-state index contributed by atoms with van der Waals surface area (Å²) in [7, 11) is 0. The van der Waals surface area contributed by atoms with Crippen molar-refractivity contribution in [1.29, 1.82) is 0 Å². The van der Waals surface area contributed by atoms with E-state index in [9.17, 15) is 24.9 Å². The Hall–Kier alpha value is -0.408. The van der Waals surface area contributed by atoms with Crippen LogP contribution >= 0.6 is 0 Å². The average Bonchev–Trinajstić information content (AvgIpc) is 2.35. The van der Waals surface area contributed by atoms with E-state index in [2.05, 4.69) is 6.92 Å². The van der Waals surface area contributed by atoms with E-state index in [0.717, 1.165) is 19.3 Å². The van der Waals surface area contributed by atoms with Crippen LogP contribution in [0.5, 0.6) is 0 Å². The molecule has 0 aromatic heterocycles. The van der Waals surface area contributed by atoms with Gasteiger partial charge in [0, 0.05) is 0 Å². The first-order chi connectivity index (χ1) is 10.6. The van der Waals surface area contributed by atoms with Crippen LogP contribution in [0.1, 0.15) is 86.5 Å². The maximum Gasteiger partial charge on any atom is 3.00 e. The largest absolute Gasteiger partial charge is 3.00 e. The second-order valence-electron chi connectivity index (χ2n) is 6.14. The van der Waals surface area contributed by atoms with Gasteiger partial charge in [0.15, 0.2) is 0 Å². The van der Waals surface area contributed by atoms with Crippen molar-refractivity contribution in [2.75, 3.05) is 0 Å². The van der Waals surface area contributed by atoms with Crippen molar-refractivity contribution in [3.8, 4) is 0 Å². The molecule has 5 nitrogen and oxygen atoms in total. The molecule has 0 radical (unpaired) electrons. The molecule has 0 saturated heterocycles. The van der Waals surface area contributed by atoms with Crippen molar-refractivity contribution in [1.82, 2.24) is 0 Å². The van der Waals surface area contributed by atoms with Crippen molar-refractivity contribution in [3.05, 3.63) is 0 Å². The molecular weight excluding hydrogens is 323 g/mol. The fourth-order valence-corrected chi connectivity index (χ4v) is 1.62. The molecule has 0 aliphatic carbocycles. The molecular formula is C18H35AlO5. The first kappa shape index (κ1) is 31.4. The maximum atomic E-state index is 10.9. The molecule has 0 aliphatic rings. The van der Waals surface area contributed by atoms with Crippen molar-refractivity contribution < 1.29 is 24.9 Å². The van der Waals surface area contributed by atoms with Crippen LogP contribution in [0.3, 0.4) is 0 Å². The number of carbonyl (C=O) groups is 2. The number of aliphatic carboxylic acids is 1. The second kappa shape index (κ2) is 22.6. The fraction of sp³-hybridized carbons (Fsp3) is 0.889. The van der Waals surface area contributed by atoms with Crippen LogP contribution in [0.15, 0.2) is 0 Å². The molecule has 0 aromatic rings. The van der Waals surface area contributed by atoms with E-state index in [1.165, 1.54) is 26.2 Å². The molecule has 0 bridgehead atoms. The van der Waals surface area contributed by atoms with Crippen molar-refractivity contribution in [3.63, 3.8) is 0 Å². The molecule has 0 aliphatic heterocycles. The third-order valence-electron chi connectivity index (χ3n) is 2.62. The van der Waals surface area contributed by atoms with Gasteiger partial charge in [-0.1, -0.05) is 73.1 Å². The molecule has 0 fully saturated rings. The Labute approximate surface area is 159 Å². The van der Waals surface area contributed by atoms with Crippen molar-refractivity contribution in [2.45, 2.75) is 98.7 Å². The van der Waals surface area contributed by atoms with Gasteiger partial charge in [-0.3, -0.25) is 4.79 Å². The molecule has 24 heavy (non-hydrogen) atoms. The van der Waals surface area contributed by atoms with Crippen LogP contribution in [0.4, 0.5) is 0 Å². The summed E-state index contributed by atoms with van der Waals surface area (Å²) in [6, 6.07) is 0. The fourth-order valence-electron chi connectivity index (χ4n) is 1.62. The SMILES string of the molecule is CC(C)[O-].CC(C)[O-].CCCCCCCCC(C(C)=O)C(=O)[O-].[Al+3]. The van der Waals surface area contributed by atoms with Crippen molar-refractivity contribution >= 4 is 29.1 Å². The summed E-state index contributed by atoms with van der Waals surface area (Å²) < 4.78 is 0. The minimum atomic E-state index is -1.23. The van der Waals surface area contributed by atoms with Crippen LogP contribution in [-0.4, -0.2) is 41.3 Å². The molecule has 0 spiro atoms. The van der Waals surface area contributed by atoms with E-state index in [1.54, 1.807) is 27.7 Å². The van der Waals surface area contributed by atoms with Crippen LogP contribution in [-0.2, 0) is 9.59 Å². The normalized spacial score (nSPS) is 10.8. The van der Waals surface area contributed by atoms with Gasteiger partial charge in [0.1, 0.15) is 5.78 Å². The van der Waals surface area contributed by atoms with E-state index < -0.39 is 24.1 Å². The van der Waals surface area contributed by atoms with E-state index in [-0.39, 0.29) is 23.1 Å². The van der Waals surface area contributed by atoms with Crippen molar-refractivity contribution in [2.24, 2.45) is 5.92 Å². The number of hydrogen-bond donors (Lipinski definition) is 0. The van der Waals surface area contributed by atoms with E-state index >= 15 is 0 Å². The predicted molar refractivity (Wildman–Crippen MR) is 93.2 cm³/mol. The third-order valence-corrected chi connectivity index (χ3v) is 2.62. The summed E-state index contributed by atoms with van der Waals surface area (Å²) in [5.41, 5.74) is 0. The number of hydrogen-bond acceptors (Lipinski definition) is 5. The number of ketones is 1. The molecule has 0 saturated carbocycles. The third kappa shape index (κ3) is 37.7. The Morgan fingerprint density at radius 1 is 0.833 bits per heavy atom. The van der Waals surface area contributed by atoms with E-state index in [4.69, 9.17) is 0 Å². The molecule has 0 N–H and O–H groups in total. The molecule has 140 valence electrons. The molecule has 0 amide bonds. The maximum absolute atomic E-state index is 10.9. The van der Waals surface area contributed by atoms with Gasteiger partial charge in [0.25, 0.3) is 0 Å². The molecule has 0 rings (SSSR count). The van der Waals surface area contributed by atoms with Gasteiger partial charge < -0.3 is 20.1 Å². The van der Waals surface area contributed by atoms with Gasteiger partial charge in [-0.25, -0.2) is 0 Å². The zero-order valence-corrected chi connectivity index (χ0v) is 17.5. The minimum Gasteiger partial charge on any atom is -0.852 e. The summed E-state index contributed by atoms with van der Waals surface area (Å²) in [5.74, 6) is -2.41. The van der Waals surface area contributed by atoms with E-state index in [1.807, 2.05) is 0 Å². The minimum absolute atomic E-state index is 0. The molecule has 1 atom stereocenters. The first-order valence-corrected chi connectivity index (χ1v) is 8.59. The van der Waals surface area contributed by atoms with Crippen LogP contribution < -0.4 is 15.3 Å². The summed E-state index contributed by atoms with van der Waals surface area (Å²) >= 11 is 0. The quantitative estimate of drug-likeness (QED) is 0.345. The van der Waals surface area contributed by atoms with Gasteiger partial charge in [-0.15, -0.1) is 12.2 Å². The second-order valence-corrected chi connectivity index (χ2v) is 6.14. The standard InChI is InChI=1S/C12H22O3.2C3H7O.Al/c1-3-4-5-6-7-8-9-11(10(2)13)12(14)15;2*1-3(2)4;/h11H,3-9H2,1-2H3,(H,14,15);2*3H,1-2H3;/q;2*-1;+3/p-1. The number of unbranched alkanes of at least 4 members (excludes halogenated alkanes) is 5. The van der Waals surface area contributed by atoms with Crippen LogP contribution in [0.25, 0.3) is 0 Å². The number of carboxylic acid groups (broad SMARTS) is 1. The molecule has 0 heterocycles. The van der Waals surface area contributed by atoms with Gasteiger partial charge in [-0.05, 0) is 13.3 Å². The van der Waals surface area contributed by atoms with Crippen LogP contribution in [0.2, 0.25) is 0 Å². The van der Waals surface area contributed by atoms with Gasteiger partial charge in [0.05, 0.1) is 11.9 Å². The number of rotatable bonds is 9. The van der Waals surface area contributed by atoms with Gasteiger partial charge in [-0.2, -0.15) is 0 Å². The number of carboxylic acids is 1. The molecule has 6 heteroatoms. The van der Waals surface area contributed by atoms with Crippen LogP contribution in [0, 0.1) is 5.92 Å². The summed E-state index contributed by atoms with van der Waals surface area (Å²) in [5, 5.41) is 29.6. The van der Waals surface area contributed by atoms with E-state index in [0.29, 0.717) is 6.42 Å². The Morgan fingerprint density at radius 3 is 1.46 bits per heavy atom. The summed E-state index contributed by atoms with van der Waals surface area (Å²) in [6.45, 7) is 9.92. The predicted octanol–water partition coefficient (Wildman–Crippen LogP) is 0.822. The zero-order chi connectivity index (χ0) is 18.8. The summed E-state index contributed by atoms with van der Waals surface area (Å²) in [4.78, 5) is 21.5. The monoisotopic (exact) mass is 358 g/mol. The Kier molecular flexibility index (Phi) is 29.5. The molecule has 0 aromatic carbocycles.